The summed E-state index contributed by atoms with van der Waals surface area (Å²) in [4.78, 5) is 26.2. The van der Waals surface area contributed by atoms with Gasteiger partial charge in [0.15, 0.2) is 17.3 Å². The van der Waals surface area contributed by atoms with Crippen LogP contribution >= 0.6 is 0 Å². The average molecular weight is 453 g/mol. The molecule has 2 heterocycles. The standard InChI is InChI=1S/C27H17F2N3O2/c28-20-6-1-4-17(12-20)16-34-25-8-2-7-21(26(25)29)27(33)18-9-10-22-23(13-18)32-24(15-31-22)19-5-3-11-30-14-19/h1-15H,16H2. The lowest BCUT2D eigenvalue weighted by atomic mass is 10.0. The number of carbonyl (C=O) groups excluding carboxylic acids is 1. The highest BCUT2D eigenvalue weighted by molar-refractivity contribution is 6.10. The van der Waals surface area contributed by atoms with Gasteiger partial charge in [0.2, 0.25) is 0 Å². The van der Waals surface area contributed by atoms with Crippen molar-refractivity contribution in [2.75, 3.05) is 0 Å². The van der Waals surface area contributed by atoms with Crippen molar-refractivity contribution in [3.63, 3.8) is 0 Å². The second-order valence-corrected chi connectivity index (χ2v) is 7.57. The van der Waals surface area contributed by atoms with Crippen molar-refractivity contribution >= 4 is 16.8 Å². The molecule has 5 aromatic rings. The molecule has 0 radical (unpaired) electrons. The van der Waals surface area contributed by atoms with Crippen molar-refractivity contribution in [2.24, 2.45) is 0 Å². The third-order valence-electron chi connectivity index (χ3n) is 5.25. The van der Waals surface area contributed by atoms with Gasteiger partial charge in [0, 0.05) is 23.5 Å². The molecule has 0 bridgehead atoms. The number of fused-ring (bicyclic) bond motifs is 1. The Labute approximate surface area is 193 Å². The SMILES string of the molecule is O=C(c1ccc2ncc(-c3cccnc3)nc2c1)c1cccc(OCc2cccc(F)c2)c1F. The number of pyridine rings is 1. The fraction of sp³-hybridized carbons (Fsp3) is 0.0370. The van der Waals surface area contributed by atoms with E-state index in [1.54, 1.807) is 61.1 Å². The lowest BCUT2D eigenvalue weighted by molar-refractivity contribution is 0.103. The van der Waals surface area contributed by atoms with E-state index in [-0.39, 0.29) is 23.5 Å². The van der Waals surface area contributed by atoms with Gasteiger partial charge in [0.05, 0.1) is 28.5 Å². The number of ketones is 1. The van der Waals surface area contributed by atoms with Crippen LogP contribution in [0.1, 0.15) is 21.5 Å². The van der Waals surface area contributed by atoms with Crippen molar-refractivity contribution in [3.05, 3.63) is 120 Å². The van der Waals surface area contributed by atoms with Crippen LogP contribution in [0.5, 0.6) is 5.75 Å². The minimum Gasteiger partial charge on any atom is -0.486 e. The molecule has 0 aliphatic rings. The molecule has 0 saturated heterocycles. The second-order valence-electron chi connectivity index (χ2n) is 7.57. The predicted octanol–water partition coefficient (Wildman–Crippen LogP) is 5.78. The van der Waals surface area contributed by atoms with E-state index < -0.39 is 17.4 Å². The molecule has 0 spiro atoms. The Morgan fingerprint density at radius 1 is 0.882 bits per heavy atom. The van der Waals surface area contributed by atoms with Crippen molar-refractivity contribution in [3.8, 4) is 17.0 Å². The molecule has 0 amide bonds. The van der Waals surface area contributed by atoms with Crippen LogP contribution < -0.4 is 4.74 Å². The summed E-state index contributed by atoms with van der Waals surface area (Å²) in [6.45, 7) is -0.0327. The van der Waals surface area contributed by atoms with Crippen LogP contribution in [0.15, 0.2) is 91.4 Å². The van der Waals surface area contributed by atoms with Crippen LogP contribution in [0.3, 0.4) is 0 Å². The normalized spacial score (nSPS) is 10.9. The Morgan fingerprint density at radius 2 is 1.76 bits per heavy atom. The van der Waals surface area contributed by atoms with Gasteiger partial charge in [-0.05, 0) is 60.2 Å². The number of benzene rings is 3. The van der Waals surface area contributed by atoms with Gasteiger partial charge < -0.3 is 4.74 Å². The van der Waals surface area contributed by atoms with E-state index in [2.05, 4.69) is 15.0 Å². The summed E-state index contributed by atoms with van der Waals surface area (Å²) in [7, 11) is 0. The fourth-order valence-corrected chi connectivity index (χ4v) is 3.55. The Bertz CT molecular complexity index is 1510. The lowest BCUT2D eigenvalue weighted by Crippen LogP contribution is -2.07. The van der Waals surface area contributed by atoms with E-state index in [9.17, 15) is 9.18 Å². The number of carbonyl (C=O) groups is 1. The van der Waals surface area contributed by atoms with Crippen molar-refractivity contribution in [2.45, 2.75) is 6.61 Å². The van der Waals surface area contributed by atoms with Crippen LogP contribution in [-0.2, 0) is 6.61 Å². The number of hydrogen-bond donors (Lipinski definition) is 0. The van der Waals surface area contributed by atoms with Crippen LogP contribution in [0, 0.1) is 11.6 Å². The number of nitrogens with zero attached hydrogens (tertiary/aromatic N) is 3. The van der Waals surface area contributed by atoms with Gasteiger partial charge in [-0.2, -0.15) is 0 Å². The van der Waals surface area contributed by atoms with E-state index in [0.29, 0.717) is 22.3 Å². The van der Waals surface area contributed by atoms with Crippen LogP contribution in [0.4, 0.5) is 8.78 Å². The zero-order valence-electron chi connectivity index (χ0n) is 17.8. The highest BCUT2D eigenvalue weighted by Crippen LogP contribution is 2.25. The van der Waals surface area contributed by atoms with Crippen LogP contribution in [0.25, 0.3) is 22.3 Å². The molecule has 0 unspecified atom stereocenters. The van der Waals surface area contributed by atoms with Gasteiger partial charge in [-0.15, -0.1) is 0 Å². The maximum atomic E-state index is 15.1. The Morgan fingerprint density at radius 3 is 2.59 bits per heavy atom. The summed E-state index contributed by atoms with van der Waals surface area (Å²) < 4.78 is 34.0. The largest absolute Gasteiger partial charge is 0.486 e. The van der Waals surface area contributed by atoms with Crippen LogP contribution in [0.2, 0.25) is 0 Å². The molecule has 0 atom stereocenters. The van der Waals surface area contributed by atoms with Gasteiger partial charge >= 0.3 is 0 Å². The third kappa shape index (κ3) is 4.36. The molecule has 2 aromatic heterocycles. The predicted molar refractivity (Wildman–Crippen MR) is 123 cm³/mol. The van der Waals surface area contributed by atoms with Gasteiger partial charge in [0.25, 0.3) is 0 Å². The molecule has 0 saturated carbocycles. The molecule has 0 aliphatic heterocycles. The maximum Gasteiger partial charge on any atom is 0.196 e. The summed E-state index contributed by atoms with van der Waals surface area (Å²) in [5, 5.41) is 0. The molecule has 34 heavy (non-hydrogen) atoms. The molecule has 0 aliphatic carbocycles. The molecule has 5 nitrogen and oxygen atoms in total. The monoisotopic (exact) mass is 453 g/mol. The topological polar surface area (TPSA) is 65.0 Å². The molecule has 0 fully saturated rings. The molecule has 5 rings (SSSR count). The van der Waals surface area contributed by atoms with Gasteiger partial charge in [-0.3, -0.25) is 14.8 Å². The molecule has 166 valence electrons. The van der Waals surface area contributed by atoms with E-state index in [1.807, 2.05) is 6.07 Å². The second kappa shape index (κ2) is 9.15. The quantitative estimate of drug-likeness (QED) is 0.305. The smallest absolute Gasteiger partial charge is 0.196 e. The molecular formula is C27H17F2N3O2. The Hall–Kier alpha value is -4.52. The zero-order valence-corrected chi connectivity index (χ0v) is 17.8. The first-order valence-electron chi connectivity index (χ1n) is 10.5. The number of aromatic nitrogens is 3. The number of ether oxygens (including phenoxy) is 1. The summed E-state index contributed by atoms with van der Waals surface area (Å²) in [6, 6.07) is 18.7. The minimum atomic E-state index is -0.779. The summed E-state index contributed by atoms with van der Waals surface area (Å²) >= 11 is 0. The Kier molecular flexibility index (Phi) is 5.74. The first-order valence-corrected chi connectivity index (χ1v) is 10.5. The highest BCUT2D eigenvalue weighted by Gasteiger charge is 2.18. The average Bonchev–Trinajstić information content (AvgIpc) is 2.87. The van der Waals surface area contributed by atoms with Crippen molar-refractivity contribution in [1.29, 1.82) is 0 Å². The van der Waals surface area contributed by atoms with E-state index in [1.165, 1.54) is 24.3 Å². The van der Waals surface area contributed by atoms with E-state index >= 15 is 4.39 Å². The van der Waals surface area contributed by atoms with Crippen molar-refractivity contribution < 1.29 is 18.3 Å². The van der Waals surface area contributed by atoms with Crippen LogP contribution in [-0.4, -0.2) is 20.7 Å². The summed E-state index contributed by atoms with van der Waals surface area (Å²) in [5.41, 5.74) is 3.21. The first-order chi connectivity index (χ1) is 16.6. The summed E-state index contributed by atoms with van der Waals surface area (Å²) in [6.07, 6.45) is 4.98. The maximum absolute atomic E-state index is 15.1. The highest BCUT2D eigenvalue weighted by atomic mass is 19.1. The molecular weight excluding hydrogens is 436 g/mol. The first kappa shape index (κ1) is 21.3. The third-order valence-corrected chi connectivity index (χ3v) is 5.25. The lowest BCUT2D eigenvalue weighted by Gasteiger charge is -2.10. The fourth-order valence-electron chi connectivity index (χ4n) is 3.55. The van der Waals surface area contributed by atoms with Gasteiger partial charge in [0.1, 0.15) is 12.4 Å². The Balaban J connectivity index is 1.43. The number of rotatable bonds is 6. The zero-order chi connectivity index (χ0) is 23.5. The minimum absolute atomic E-state index is 0.0327. The molecule has 3 aromatic carbocycles. The van der Waals surface area contributed by atoms with E-state index in [0.717, 1.165) is 5.56 Å². The van der Waals surface area contributed by atoms with E-state index in [4.69, 9.17) is 4.74 Å². The number of halogens is 2. The molecule has 7 heteroatoms. The summed E-state index contributed by atoms with van der Waals surface area (Å²) in [5.74, 6) is -1.78. The van der Waals surface area contributed by atoms with Crippen molar-refractivity contribution in [1.82, 2.24) is 15.0 Å². The van der Waals surface area contributed by atoms with Gasteiger partial charge in [-0.1, -0.05) is 18.2 Å². The molecule has 0 N–H and O–H groups in total. The van der Waals surface area contributed by atoms with Gasteiger partial charge in [-0.25, -0.2) is 13.8 Å². The number of hydrogen-bond acceptors (Lipinski definition) is 5.